The van der Waals surface area contributed by atoms with E-state index < -0.39 is 29.3 Å². The van der Waals surface area contributed by atoms with Gasteiger partial charge >= 0.3 is 12.1 Å². The smallest absolute Gasteiger partial charge is 0.433 e. The first-order valence-electron chi connectivity index (χ1n) is 10.4. The van der Waals surface area contributed by atoms with Gasteiger partial charge in [-0.15, -0.1) is 0 Å². The van der Waals surface area contributed by atoms with E-state index in [0.29, 0.717) is 36.6 Å². The van der Waals surface area contributed by atoms with Crippen LogP contribution < -0.4 is 10.1 Å². The van der Waals surface area contributed by atoms with Crippen molar-refractivity contribution in [1.29, 1.82) is 0 Å². The number of ether oxygens (including phenoxy) is 1. The highest BCUT2D eigenvalue weighted by molar-refractivity contribution is 6.05. The molecule has 1 aliphatic carbocycles. The minimum Gasteiger partial charge on any atom is -0.487 e. The second kappa shape index (κ2) is 8.73. The van der Waals surface area contributed by atoms with Crippen molar-refractivity contribution in [2.75, 3.05) is 0 Å². The summed E-state index contributed by atoms with van der Waals surface area (Å²) in [7, 11) is 0. The molecule has 1 aliphatic rings. The summed E-state index contributed by atoms with van der Waals surface area (Å²) in [5, 5.41) is 13.8. The monoisotopic (exact) mass is 458 g/mol. The van der Waals surface area contributed by atoms with E-state index in [1.165, 1.54) is 6.07 Å². The van der Waals surface area contributed by atoms with Gasteiger partial charge in [0.2, 0.25) is 0 Å². The van der Waals surface area contributed by atoms with Crippen LogP contribution in [-0.4, -0.2) is 27.5 Å². The molecule has 0 spiro atoms. The Kier molecular flexibility index (Phi) is 5.97. The molecule has 1 heterocycles. The van der Waals surface area contributed by atoms with Crippen LogP contribution in [0.4, 0.5) is 13.2 Å². The maximum atomic E-state index is 13.1. The van der Waals surface area contributed by atoms with Gasteiger partial charge in [0.05, 0.1) is 5.56 Å². The summed E-state index contributed by atoms with van der Waals surface area (Å²) in [4.78, 5) is 28.4. The van der Waals surface area contributed by atoms with E-state index in [4.69, 9.17) is 4.74 Å². The van der Waals surface area contributed by atoms with Crippen LogP contribution >= 0.6 is 0 Å². The van der Waals surface area contributed by atoms with E-state index >= 15 is 0 Å². The first-order valence-corrected chi connectivity index (χ1v) is 10.4. The lowest BCUT2D eigenvalue weighted by molar-refractivity contribution is -0.144. The molecule has 2 aromatic carbocycles. The molecule has 0 aliphatic heterocycles. The molecule has 0 atom stereocenters. The third kappa shape index (κ3) is 4.62. The zero-order valence-corrected chi connectivity index (χ0v) is 17.5. The van der Waals surface area contributed by atoms with Crippen molar-refractivity contribution in [3.8, 4) is 5.75 Å². The maximum absolute atomic E-state index is 13.1. The van der Waals surface area contributed by atoms with Crippen LogP contribution in [0.1, 0.15) is 47.3 Å². The SMILES string of the molecule is O=C(NC1(C(=O)O)CCCC1)c1ccc2ccccc2c1OCc1ccc(C(F)(F)F)nc1. The van der Waals surface area contributed by atoms with Crippen LogP contribution in [0.25, 0.3) is 10.8 Å². The van der Waals surface area contributed by atoms with E-state index in [1.807, 2.05) is 12.1 Å². The maximum Gasteiger partial charge on any atom is 0.433 e. The van der Waals surface area contributed by atoms with Crippen molar-refractivity contribution in [2.24, 2.45) is 0 Å². The number of alkyl halides is 3. The van der Waals surface area contributed by atoms with Crippen LogP contribution in [0.5, 0.6) is 5.75 Å². The summed E-state index contributed by atoms with van der Waals surface area (Å²) in [6.45, 7) is -0.122. The van der Waals surface area contributed by atoms with Crippen LogP contribution in [0, 0.1) is 0 Å². The number of carboxylic acids is 1. The fourth-order valence-electron chi connectivity index (χ4n) is 4.07. The van der Waals surface area contributed by atoms with Gasteiger partial charge in [-0.2, -0.15) is 13.2 Å². The number of pyridine rings is 1. The van der Waals surface area contributed by atoms with Crippen LogP contribution in [0.15, 0.2) is 54.7 Å². The first-order chi connectivity index (χ1) is 15.7. The van der Waals surface area contributed by atoms with Crippen LogP contribution in [-0.2, 0) is 17.6 Å². The summed E-state index contributed by atoms with van der Waals surface area (Å²) < 4.78 is 44.2. The minimum absolute atomic E-state index is 0.122. The minimum atomic E-state index is -4.54. The Balaban J connectivity index is 1.64. The van der Waals surface area contributed by atoms with E-state index in [2.05, 4.69) is 10.3 Å². The van der Waals surface area contributed by atoms with Gasteiger partial charge in [0.15, 0.2) is 0 Å². The number of benzene rings is 2. The highest BCUT2D eigenvalue weighted by atomic mass is 19.4. The Labute approximate surface area is 187 Å². The summed E-state index contributed by atoms with van der Waals surface area (Å²) in [5.41, 5.74) is -1.79. The third-order valence-corrected chi connectivity index (χ3v) is 5.84. The Morgan fingerprint density at radius 2 is 1.79 bits per heavy atom. The predicted molar refractivity (Wildman–Crippen MR) is 114 cm³/mol. The lowest BCUT2D eigenvalue weighted by Gasteiger charge is -2.26. The van der Waals surface area contributed by atoms with Crippen LogP contribution in [0.3, 0.4) is 0 Å². The lowest BCUT2D eigenvalue weighted by atomic mass is 9.96. The standard InChI is InChI=1S/C24H21F3N2O4/c25-24(26,27)19-10-7-15(13-28-19)14-33-20-17-6-2-1-5-16(17)8-9-18(20)21(30)29-23(22(31)32)11-3-4-12-23/h1-2,5-10,13H,3-4,11-12,14H2,(H,29,30)(H,31,32). The molecule has 3 aromatic rings. The highest BCUT2D eigenvalue weighted by Gasteiger charge is 2.43. The van der Waals surface area contributed by atoms with Crippen molar-refractivity contribution in [3.05, 3.63) is 71.5 Å². The molecular formula is C24H21F3N2O4. The Morgan fingerprint density at radius 1 is 1.06 bits per heavy atom. The number of aromatic nitrogens is 1. The molecule has 1 amide bonds. The molecule has 0 saturated heterocycles. The summed E-state index contributed by atoms with van der Waals surface area (Å²) in [6, 6.07) is 12.6. The zero-order chi connectivity index (χ0) is 23.6. The van der Waals surface area contributed by atoms with Gasteiger partial charge in [-0.05, 0) is 30.4 Å². The fraction of sp³-hybridized carbons (Fsp3) is 0.292. The van der Waals surface area contributed by atoms with E-state index in [9.17, 15) is 27.9 Å². The average Bonchev–Trinajstić information content (AvgIpc) is 3.27. The largest absolute Gasteiger partial charge is 0.487 e. The molecule has 1 aromatic heterocycles. The zero-order valence-electron chi connectivity index (χ0n) is 17.5. The molecule has 2 N–H and O–H groups in total. The molecule has 6 nitrogen and oxygen atoms in total. The number of fused-ring (bicyclic) bond motifs is 1. The van der Waals surface area contributed by atoms with Crippen molar-refractivity contribution >= 4 is 22.6 Å². The number of halogens is 3. The van der Waals surface area contributed by atoms with Crippen molar-refractivity contribution in [3.63, 3.8) is 0 Å². The van der Waals surface area contributed by atoms with Gasteiger partial charge in [-0.25, -0.2) is 4.79 Å². The van der Waals surface area contributed by atoms with Crippen molar-refractivity contribution in [2.45, 2.75) is 44.0 Å². The fourth-order valence-corrected chi connectivity index (χ4v) is 4.07. The Morgan fingerprint density at radius 3 is 2.42 bits per heavy atom. The molecule has 4 rings (SSSR count). The second-order valence-corrected chi connectivity index (χ2v) is 8.05. The van der Waals surface area contributed by atoms with E-state index in [-0.39, 0.29) is 17.9 Å². The predicted octanol–water partition coefficient (Wildman–Crippen LogP) is 4.96. The molecule has 0 radical (unpaired) electrons. The summed E-state index contributed by atoms with van der Waals surface area (Å²) >= 11 is 0. The first kappa shape index (κ1) is 22.6. The van der Waals surface area contributed by atoms with Gasteiger partial charge in [-0.1, -0.05) is 49.2 Å². The van der Waals surface area contributed by atoms with Crippen molar-refractivity contribution < 1.29 is 32.6 Å². The number of carbonyl (C=O) groups excluding carboxylic acids is 1. The van der Waals surface area contributed by atoms with Gasteiger partial charge in [-0.3, -0.25) is 9.78 Å². The number of nitrogens with one attached hydrogen (secondary N) is 1. The van der Waals surface area contributed by atoms with Crippen LogP contribution in [0.2, 0.25) is 0 Å². The number of carboxylic acid groups (broad SMARTS) is 1. The van der Waals surface area contributed by atoms with E-state index in [1.54, 1.807) is 24.3 Å². The van der Waals surface area contributed by atoms with Gasteiger partial charge < -0.3 is 15.2 Å². The van der Waals surface area contributed by atoms with Gasteiger partial charge in [0.25, 0.3) is 5.91 Å². The summed E-state index contributed by atoms with van der Waals surface area (Å²) in [6.07, 6.45) is -1.38. The Bertz CT molecular complexity index is 1190. The number of carbonyl (C=O) groups is 2. The Hall–Kier alpha value is -3.62. The van der Waals surface area contributed by atoms with E-state index in [0.717, 1.165) is 17.6 Å². The number of rotatable bonds is 6. The van der Waals surface area contributed by atoms with Crippen molar-refractivity contribution in [1.82, 2.24) is 10.3 Å². The molecule has 9 heteroatoms. The van der Waals surface area contributed by atoms with Gasteiger partial charge in [0.1, 0.15) is 23.6 Å². The highest BCUT2D eigenvalue weighted by Crippen LogP contribution is 2.34. The molecule has 33 heavy (non-hydrogen) atoms. The average molecular weight is 458 g/mol. The molecule has 0 bridgehead atoms. The number of hydrogen-bond donors (Lipinski definition) is 2. The number of hydrogen-bond acceptors (Lipinski definition) is 4. The molecule has 1 saturated carbocycles. The number of amides is 1. The molecule has 172 valence electrons. The topological polar surface area (TPSA) is 88.5 Å². The third-order valence-electron chi connectivity index (χ3n) is 5.84. The molecule has 0 unspecified atom stereocenters. The number of nitrogens with zero attached hydrogens (tertiary/aromatic N) is 1. The molecule has 1 fully saturated rings. The summed E-state index contributed by atoms with van der Waals surface area (Å²) in [5.74, 6) is -1.43. The molecular weight excluding hydrogens is 437 g/mol. The quantitative estimate of drug-likeness (QED) is 0.545. The normalized spacial score (nSPS) is 15.4. The number of aliphatic carboxylic acids is 1. The second-order valence-electron chi connectivity index (χ2n) is 8.05. The lowest BCUT2D eigenvalue weighted by Crippen LogP contribution is -2.52. The van der Waals surface area contributed by atoms with Gasteiger partial charge in [0, 0.05) is 17.1 Å².